The molecule has 35 heavy (non-hydrogen) atoms. The van der Waals surface area contributed by atoms with Gasteiger partial charge >= 0.3 is 0 Å². The average Bonchev–Trinajstić information content (AvgIpc) is 3.29. The molecule has 162 valence electrons. The second-order valence-electron chi connectivity index (χ2n) is 9.62. The van der Waals surface area contributed by atoms with Crippen LogP contribution in [0.4, 0.5) is 0 Å². The van der Waals surface area contributed by atoms with Gasteiger partial charge in [0.1, 0.15) is 0 Å². The van der Waals surface area contributed by atoms with Gasteiger partial charge in [0.25, 0.3) is 0 Å². The van der Waals surface area contributed by atoms with Crippen LogP contribution in [0.5, 0.6) is 0 Å². The molecule has 0 aliphatic carbocycles. The minimum Gasteiger partial charge on any atom is -0.231 e. The van der Waals surface area contributed by atoms with E-state index in [2.05, 4.69) is 91.0 Å². The first kappa shape index (κ1) is 18.8. The van der Waals surface area contributed by atoms with Crippen LogP contribution >= 0.6 is 0 Å². The zero-order chi connectivity index (χ0) is 23.4. The van der Waals surface area contributed by atoms with Crippen molar-refractivity contribution in [2.45, 2.75) is 13.8 Å². The summed E-state index contributed by atoms with van der Waals surface area (Å²) in [6.45, 7) is 4.35. The third-order valence-corrected chi connectivity index (χ3v) is 7.99. The molecule has 2 aromatic heterocycles. The summed E-state index contributed by atoms with van der Waals surface area (Å²) >= 11 is 0. The molecular formula is C33H20N2. The van der Waals surface area contributed by atoms with Crippen LogP contribution in [0.3, 0.4) is 0 Å². The third kappa shape index (κ3) is 2.14. The van der Waals surface area contributed by atoms with Gasteiger partial charge in [0, 0.05) is 16.2 Å². The highest BCUT2D eigenvalue weighted by molar-refractivity contribution is 6.34. The fraction of sp³-hybridized carbons (Fsp3) is 0.0606. The van der Waals surface area contributed by atoms with E-state index in [9.17, 15) is 0 Å². The smallest absolute Gasteiger partial charge is 0.0975 e. The minimum atomic E-state index is 1.05. The summed E-state index contributed by atoms with van der Waals surface area (Å²) in [6.07, 6.45) is 9.35. The number of hydrogen-bond donors (Lipinski definition) is 0. The van der Waals surface area contributed by atoms with Gasteiger partial charge in [-0.05, 0) is 92.5 Å². The topological polar surface area (TPSA) is 17.3 Å². The van der Waals surface area contributed by atoms with Gasteiger partial charge in [-0.3, -0.25) is 0 Å². The second kappa shape index (κ2) is 6.29. The molecule has 0 saturated heterocycles. The van der Waals surface area contributed by atoms with Crippen LogP contribution in [0.1, 0.15) is 16.7 Å². The van der Waals surface area contributed by atoms with Crippen molar-refractivity contribution in [1.82, 2.24) is 9.61 Å². The number of benzene rings is 6. The molecule has 0 N–H and O–H groups in total. The largest absolute Gasteiger partial charge is 0.231 e. The molecule has 6 aromatic carbocycles. The molecule has 0 radical (unpaired) electrons. The zero-order valence-corrected chi connectivity index (χ0v) is 19.5. The molecule has 0 aliphatic rings. The van der Waals surface area contributed by atoms with Crippen LogP contribution in [-0.4, -0.2) is 9.61 Å². The highest BCUT2D eigenvalue weighted by atomic mass is 15.2. The Balaban J connectivity index is 1.66. The monoisotopic (exact) mass is 444 g/mol. The van der Waals surface area contributed by atoms with Gasteiger partial charge in [0.15, 0.2) is 0 Å². The number of aromatic nitrogens is 2. The Bertz CT molecular complexity index is 2240. The van der Waals surface area contributed by atoms with Gasteiger partial charge in [0.2, 0.25) is 0 Å². The maximum atomic E-state index is 5.53. The Kier molecular flexibility index (Phi) is 3.37. The second-order valence-corrected chi connectivity index (χ2v) is 9.62. The lowest BCUT2D eigenvalue weighted by Crippen LogP contribution is -1.95. The molecular weight excluding hydrogens is 424 g/mol. The van der Waals surface area contributed by atoms with E-state index in [0.717, 1.165) is 16.6 Å². The van der Waals surface area contributed by atoms with Crippen molar-refractivity contribution in [3.63, 3.8) is 0 Å². The number of hydrogen-bond acceptors (Lipinski definition) is 1. The first-order chi connectivity index (χ1) is 17.2. The van der Waals surface area contributed by atoms with Crippen molar-refractivity contribution < 1.29 is 0 Å². The van der Waals surface area contributed by atoms with Crippen molar-refractivity contribution >= 4 is 76.5 Å². The summed E-state index contributed by atoms with van der Waals surface area (Å²) in [6, 6.07) is 24.6. The summed E-state index contributed by atoms with van der Waals surface area (Å²) in [4.78, 5) is 0. The summed E-state index contributed by atoms with van der Waals surface area (Å²) < 4.78 is 2.19. The van der Waals surface area contributed by atoms with Gasteiger partial charge in [-0.1, -0.05) is 60.5 Å². The van der Waals surface area contributed by atoms with Crippen LogP contribution in [-0.2, 0) is 0 Å². The standard InChI is InChI=1S/C33H20N2/c1-4-5-9-22-18(2)23-13-14-27-26-12-11-21-17-20-8-6-7-10-24(20)25-15-16-28(30(26)29(21)25)35-33(27)31(23)32(34-35)19(22)3/h1,5-17H,2-3H3. The maximum Gasteiger partial charge on any atom is 0.0975 e. The molecule has 0 spiro atoms. The van der Waals surface area contributed by atoms with Crippen molar-refractivity contribution in [2.24, 2.45) is 0 Å². The van der Waals surface area contributed by atoms with Crippen LogP contribution < -0.4 is 0 Å². The van der Waals surface area contributed by atoms with Gasteiger partial charge < -0.3 is 0 Å². The molecule has 2 heteroatoms. The lowest BCUT2D eigenvalue weighted by atomic mass is 9.89. The van der Waals surface area contributed by atoms with E-state index in [4.69, 9.17) is 11.5 Å². The first-order valence-electron chi connectivity index (χ1n) is 12.0. The summed E-state index contributed by atoms with van der Waals surface area (Å²) in [5.74, 6) is 2.64. The van der Waals surface area contributed by atoms with Crippen molar-refractivity contribution in [2.75, 3.05) is 0 Å². The summed E-state index contributed by atoms with van der Waals surface area (Å²) in [5.41, 5.74) is 6.98. The van der Waals surface area contributed by atoms with Gasteiger partial charge in [-0.25, -0.2) is 4.52 Å². The summed E-state index contributed by atoms with van der Waals surface area (Å²) in [5, 5.41) is 18.0. The Labute approximate surface area is 201 Å². The van der Waals surface area contributed by atoms with Gasteiger partial charge in [0.05, 0.1) is 16.6 Å². The van der Waals surface area contributed by atoms with Crippen LogP contribution in [0.25, 0.3) is 76.5 Å². The Hall–Kier alpha value is -4.61. The molecule has 8 aromatic rings. The Morgan fingerprint density at radius 3 is 2.40 bits per heavy atom. The number of rotatable bonds is 1. The fourth-order valence-corrected chi connectivity index (χ4v) is 6.44. The van der Waals surface area contributed by atoms with E-state index in [-0.39, 0.29) is 0 Å². The molecule has 2 nitrogen and oxygen atoms in total. The number of terminal acetylenes is 1. The van der Waals surface area contributed by atoms with Crippen LogP contribution in [0, 0.1) is 26.2 Å². The Morgan fingerprint density at radius 1 is 0.743 bits per heavy atom. The molecule has 0 aliphatic heterocycles. The van der Waals surface area contributed by atoms with E-state index in [1.54, 1.807) is 6.08 Å². The van der Waals surface area contributed by atoms with Crippen LogP contribution in [0.15, 0.2) is 72.8 Å². The minimum absolute atomic E-state index is 1.05. The predicted molar refractivity (Wildman–Crippen MR) is 150 cm³/mol. The molecule has 0 saturated carbocycles. The zero-order valence-electron chi connectivity index (χ0n) is 19.5. The average molecular weight is 445 g/mol. The highest BCUT2D eigenvalue weighted by Crippen LogP contribution is 2.44. The number of nitrogens with zero attached hydrogens (tertiary/aromatic N) is 2. The van der Waals surface area contributed by atoms with Crippen molar-refractivity contribution in [1.29, 1.82) is 0 Å². The lowest BCUT2D eigenvalue weighted by Gasteiger charge is -2.16. The normalized spacial score (nSPS) is 12.7. The molecule has 8 rings (SSSR count). The number of pyridine rings is 1. The maximum absolute atomic E-state index is 5.53. The first-order valence-corrected chi connectivity index (χ1v) is 12.0. The van der Waals surface area contributed by atoms with E-state index in [1.165, 1.54) is 70.5 Å². The quantitative estimate of drug-likeness (QED) is 0.141. The van der Waals surface area contributed by atoms with E-state index in [1.807, 2.05) is 6.08 Å². The van der Waals surface area contributed by atoms with Crippen molar-refractivity contribution in [3.8, 4) is 12.3 Å². The molecule has 0 unspecified atom stereocenters. The van der Waals surface area contributed by atoms with E-state index >= 15 is 0 Å². The molecule has 2 heterocycles. The lowest BCUT2D eigenvalue weighted by molar-refractivity contribution is 1.03. The van der Waals surface area contributed by atoms with Gasteiger partial charge in [-0.15, -0.1) is 6.42 Å². The highest BCUT2D eigenvalue weighted by Gasteiger charge is 2.22. The fourth-order valence-electron chi connectivity index (χ4n) is 6.44. The molecule has 0 fully saturated rings. The summed E-state index contributed by atoms with van der Waals surface area (Å²) in [7, 11) is 0. The predicted octanol–water partition coefficient (Wildman–Crippen LogP) is 8.39. The number of fused-ring (bicyclic) bond motifs is 4. The third-order valence-electron chi connectivity index (χ3n) is 7.99. The van der Waals surface area contributed by atoms with E-state index < -0.39 is 0 Å². The van der Waals surface area contributed by atoms with Crippen LogP contribution in [0.2, 0.25) is 0 Å². The number of allylic oxidation sites excluding steroid dienone is 1. The molecule has 0 atom stereocenters. The molecule has 0 amide bonds. The molecule has 0 bridgehead atoms. The number of aryl methyl sites for hydroxylation is 2. The van der Waals surface area contributed by atoms with Crippen molar-refractivity contribution in [3.05, 3.63) is 89.5 Å². The SMILES string of the molecule is C#CC=Cc1c(C)c2ccc3c4ccc5cc6ccccc6c6ccc(c4c56)n4nc(c1C)c2c34. The van der Waals surface area contributed by atoms with E-state index in [0.29, 0.717) is 0 Å². The Morgan fingerprint density at radius 2 is 1.51 bits per heavy atom. The van der Waals surface area contributed by atoms with Gasteiger partial charge in [-0.2, -0.15) is 5.10 Å².